The molecule has 1 N–H and O–H groups in total. The minimum absolute atomic E-state index is 0.0581. The summed E-state index contributed by atoms with van der Waals surface area (Å²) in [5.74, 6) is 0.114. The van der Waals surface area contributed by atoms with Gasteiger partial charge < -0.3 is 4.90 Å². The molecule has 0 aromatic carbocycles. The number of amides is 1. The third kappa shape index (κ3) is 3.26. The van der Waals surface area contributed by atoms with Gasteiger partial charge in [0, 0.05) is 28.7 Å². The number of aryl methyl sites for hydroxylation is 3. The maximum absolute atomic E-state index is 13.1. The minimum Gasteiger partial charge on any atom is -0.334 e. The maximum Gasteiger partial charge on any atom is 0.275 e. The van der Waals surface area contributed by atoms with Crippen LogP contribution >= 0.6 is 11.3 Å². The third-order valence-corrected chi connectivity index (χ3v) is 6.67. The summed E-state index contributed by atoms with van der Waals surface area (Å²) in [6.45, 7) is 8.29. The fraction of sp³-hybridized carbons (Fsp3) is 0.500. The molecule has 1 saturated heterocycles. The Labute approximate surface area is 167 Å². The summed E-state index contributed by atoms with van der Waals surface area (Å²) in [6.07, 6.45) is 3.32. The molecule has 0 saturated carbocycles. The molecule has 3 aromatic heterocycles. The predicted octanol–water partition coefficient (Wildman–Crippen LogP) is 3.01. The number of piperidine rings is 1. The van der Waals surface area contributed by atoms with Crippen LogP contribution in [0.3, 0.4) is 0 Å². The van der Waals surface area contributed by atoms with E-state index in [-0.39, 0.29) is 17.5 Å². The number of nitrogens with one attached hydrogen (secondary N) is 1. The molecule has 7 nitrogen and oxygen atoms in total. The van der Waals surface area contributed by atoms with Gasteiger partial charge in [-0.3, -0.25) is 14.7 Å². The molecule has 0 aliphatic carbocycles. The Hall–Kier alpha value is -2.48. The molecule has 1 unspecified atom stereocenters. The second kappa shape index (κ2) is 7.16. The van der Waals surface area contributed by atoms with Gasteiger partial charge in [-0.25, -0.2) is 14.5 Å². The Morgan fingerprint density at radius 1 is 1.21 bits per heavy atom. The molecule has 28 heavy (non-hydrogen) atoms. The van der Waals surface area contributed by atoms with Gasteiger partial charge in [0.2, 0.25) is 5.91 Å². The zero-order valence-electron chi connectivity index (χ0n) is 16.7. The number of carbonyl (C=O) groups excluding carboxylic acids is 1. The van der Waals surface area contributed by atoms with E-state index in [4.69, 9.17) is 0 Å². The van der Waals surface area contributed by atoms with Crippen LogP contribution < -0.4 is 5.56 Å². The molecule has 1 amide bonds. The SMILES string of the molecule is Cc1nc(C)c(CC(=O)N2CCCCC2c2cc3nc(C)c(C)c(=O)n3[nH]2)s1. The Balaban J connectivity index is 1.66. The van der Waals surface area contributed by atoms with Crippen molar-refractivity contribution in [1.29, 1.82) is 0 Å². The van der Waals surface area contributed by atoms with Crippen molar-refractivity contribution in [2.75, 3.05) is 6.54 Å². The Morgan fingerprint density at radius 2 is 2.00 bits per heavy atom. The summed E-state index contributed by atoms with van der Waals surface area (Å²) in [6, 6.07) is 1.85. The third-order valence-electron chi connectivity index (χ3n) is 5.60. The van der Waals surface area contributed by atoms with Crippen LogP contribution in [0.5, 0.6) is 0 Å². The van der Waals surface area contributed by atoms with Crippen LogP contribution in [0.25, 0.3) is 5.65 Å². The van der Waals surface area contributed by atoms with Gasteiger partial charge in [-0.1, -0.05) is 0 Å². The van der Waals surface area contributed by atoms with Crippen molar-refractivity contribution in [3.05, 3.63) is 49.0 Å². The normalized spacial score (nSPS) is 17.4. The van der Waals surface area contributed by atoms with Gasteiger partial charge in [-0.2, -0.15) is 0 Å². The molecule has 1 aliphatic rings. The highest BCUT2D eigenvalue weighted by molar-refractivity contribution is 7.11. The molecule has 148 valence electrons. The molecule has 4 rings (SSSR count). The largest absolute Gasteiger partial charge is 0.334 e. The number of fused-ring (bicyclic) bond motifs is 1. The molecular formula is C20H25N5O2S. The topological polar surface area (TPSA) is 83.4 Å². The molecule has 0 radical (unpaired) electrons. The molecular weight excluding hydrogens is 374 g/mol. The summed E-state index contributed by atoms with van der Waals surface area (Å²) < 4.78 is 1.49. The zero-order valence-corrected chi connectivity index (χ0v) is 17.5. The molecule has 1 fully saturated rings. The van der Waals surface area contributed by atoms with Gasteiger partial charge in [0.25, 0.3) is 5.56 Å². The summed E-state index contributed by atoms with van der Waals surface area (Å²) in [5.41, 5.74) is 3.71. The molecule has 8 heteroatoms. The van der Waals surface area contributed by atoms with Crippen LogP contribution in [0.2, 0.25) is 0 Å². The first-order chi connectivity index (χ1) is 13.3. The lowest BCUT2D eigenvalue weighted by Gasteiger charge is -2.35. The van der Waals surface area contributed by atoms with Gasteiger partial charge in [0.1, 0.15) is 0 Å². The van der Waals surface area contributed by atoms with Crippen molar-refractivity contribution >= 4 is 22.9 Å². The van der Waals surface area contributed by atoms with Crippen LogP contribution in [0.4, 0.5) is 0 Å². The first kappa shape index (κ1) is 18.9. The average molecular weight is 400 g/mol. The van der Waals surface area contributed by atoms with Gasteiger partial charge in [-0.15, -0.1) is 11.3 Å². The molecule has 1 atom stereocenters. The van der Waals surface area contributed by atoms with E-state index in [9.17, 15) is 9.59 Å². The Bertz CT molecular complexity index is 1110. The van der Waals surface area contributed by atoms with Crippen molar-refractivity contribution < 1.29 is 4.79 Å². The van der Waals surface area contributed by atoms with Crippen LogP contribution in [0, 0.1) is 27.7 Å². The number of H-pyrrole nitrogens is 1. The van der Waals surface area contributed by atoms with E-state index in [1.165, 1.54) is 4.52 Å². The quantitative estimate of drug-likeness (QED) is 0.734. The molecule has 4 heterocycles. The van der Waals surface area contributed by atoms with Crippen molar-refractivity contribution in [2.45, 2.75) is 59.4 Å². The average Bonchev–Trinajstić information content (AvgIpc) is 3.22. The minimum atomic E-state index is -0.0850. The number of aromatic amines is 1. The second-order valence-electron chi connectivity index (χ2n) is 7.55. The van der Waals surface area contributed by atoms with E-state index < -0.39 is 0 Å². The molecule has 3 aromatic rings. The lowest BCUT2D eigenvalue weighted by Crippen LogP contribution is -2.39. The number of nitrogens with zero attached hydrogens (tertiary/aromatic N) is 4. The van der Waals surface area contributed by atoms with E-state index in [2.05, 4.69) is 15.1 Å². The lowest BCUT2D eigenvalue weighted by atomic mass is 9.98. The maximum atomic E-state index is 13.1. The number of likely N-dealkylation sites (tertiary alicyclic amines) is 1. The van der Waals surface area contributed by atoms with E-state index >= 15 is 0 Å². The van der Waals surface area contributed by atoms with Crippen molar-refractivity contribution in [2.24, 2.45) is 0 Å². The zero-order chi connectivity index (χ0) is 20.0. The molecule has 0 bridgehead atoms. The van der Waals surface area contributed by atoms with Crippen LogP contribution in [0.15, 0.2) is 10.9 Å². The highest BCUT2D eigenvalue weighted by Gasteiger charge is 2.30. The smallest absolute Gasteiger partial charge is 0.275 e. The van der Waals surface area contributed by atoms with E-state index in [0.717, 1.165) is 52.8 Å². The summed E-state index contributed by atoms with van der Waals surface area (Å²) in [7, 11) is 0. The van der Waals surface area contributed by atoms with Crippen molar-refractivity contribution in [1.82, 2.24) is 24.5 Å². The monoisotopic (exact) mass is 399 g/mol. The number of hydrogen-bond donors (Lipinski definition) is 1. The predicted molar refractivity (Wildman–Crippen MR) is 109 cm³/mol. The van der Waals surface area contributed by atoms with Crippen molar-refractivity contribution in [3.63, 3.8) is 0 Å². The van der Waals surface area contributed by atoms with Crippen molar-refractivity contribution in [3.8, 4) is 0 Å². The Kier molecular flexibility index (Phi) is 4.82. The number of aromatic nitrogens is 4. The number of thiazole rings is 1. The van der Waals surface area contributed by atoms with Crippen LogP contribution in [0.1, 0.15) is 57.8 Å². The fourth-order valence-corrected chi connectivity index (χ4v) is 4.87. The summed E-state index contributed by atoms with van der Waals surface area (Å²) >= 11 is 1.59. The van der Waals surface area contributed by atoms with E-state index in [1.54, 1.807) is 18.3 Å². The highest BCUT2D eigenvalue weighted by Crippen LogP contribution is 2.31. The first-order valence-corrected chi connectivity index (χ1v) is 10.5. The van der Waals surface area contributed by atoms with E-state index in [1.807, 2.05) is 31.7 Å². The van der Waals surface area contributed by atoms with Gasteiger partial charge in [-0.05, 0) is 47.0 Å². The fourth-order valence-electron chi connectivity index (χ4n) is 3.94. The van der Waals surface area contributed by atoms with E-state index in [0.29, 0.717) is 17.6 Å². The first-order valence-electron chi connectivity index (χ1n) is 9.66. The molecule has 0 spiro atoms. The second-order valence-corrected chi connectivity index (χ2v) is 8.84. The highest BCUT2D eigenvalue weighted by atomic mass is 32.1. The standard InChI is InChI=1S/C20H25N5O2S/c1-11-12(2)22-18-9-15(23-25(18)20(11)27)16-7-5-6-8-24(16)19(26)10-17-13(3)21-14(4)28-17/h9,16,23H,5-8,10H2,1-4H3. The van der Waals surface area contributed by atoms with Gasteiger partial charge >= 0.3 is 0 Å². The number of carbonyl (C=O) groups is 1. The summed E-state index contributed by atoms with van der Waals surface area (Å²) in [4.78, 5) is 37.6. The lowest BCUT2D eigenvalue weighted by molar-refractivity contribution is -0.134. The van der Waals surface area contributed by atoms with Gasteiger partial charge in [0.15, 0.2) is 5.65 Å². The van der Waals surface area contributed by atoms with Crippen LogP contribution in [-0.4, -0.2) is 36.9 Å². The Morgan fingerprint density at radius 3 is 2.71 bits per heavy atom. The molecule has 1 aliphatic heterocycles. The summed E-state index contributed by atoms with van der Waals surface area (Å²) in [5, 5.41) is 4.19. The number of rotatable bonds is 3. The number of hydrogen-bond acceptors (Lipinski definition) is 5. The van der Waals surface area contributed by atoms with Crippen LogP contribution in [-0.2, 0) is 11.2 Å². The van der Waals surface area contributed by atoms with Gasteiger partial charge in [0.05, 0.1) is 28.9 Å².